The molecule has 4 rings (SSSR count). The van der Waals surface area contributed by atoms with E-state index < -0.39 is 29.3 Å². The summed E-state index contributed by atoms with van der Waals surface area (Å²) in [6, 6.07) is 20.5. The molecule has 2 amide bonds. The molecule has 4 N–H and O–H groups in total. The number of methoxy groups -OCH3 is 1. The molecule has 0 saturated carbocycles. The molecule has 37 heavy (non-hydrogen) atoms. The van der Waals surface area contributed by atoms with E-state index in [1.54, 1.807) is 18.2 Å². The maximum atomic E-state index is 15.1. The number of primary amides is 1. The molecule has 190 valence electrons. The molecule has 0 fully saturated rings. The van der Waals surface area contributed by atoms with Gasteiger partial charge in [-0.15, -0.1) is 0 Å². The summed E-state index contributed by atoms with van der Waals surface area (Å²) in [6.07, 6.45) is -0.478. The fourth-order valence-corrected chi connectivity index (χ4v) is 4.17. The highest BCUT2D eigenvalue weighted by molar-refractivity contribution is 6.03. The number of benzene rings is 3. The molecule has 0 spiro atoms. The van der Waals surface area contributed by atoms with Crippen LogP contribution in [0.25, 0.3) is 11.3 Å². The van der Waals surface area contributed by atoms with Gasteiger partial charge in [0.05, 0.1) is 22.5 Å². The minimum absolute atomic E-state index is 0.0191. The number of ether oxygens (including phenoxy) is 1. The number of amides is 2. The van der Waals surface area contributed by atoms with Gasteiger partial charge in [0, 0.05) is 13.5 Å². The van der Waals surface area contributed by atoms with Crippen LogP contribution < -0.4 is 11.1 Å². The second-order valence-electron chi connectivity index (χ2n) is 8.85. The van der Waals surface area contributed by atoms with Gasteiger partial charge in [0.15, 0.2) is 0 Å². The number of nitrogens with one attached hydrogen (secondary N) is 2. The van der Waals surface area contributed by atoms with Crippen molar-refractivity contribution in [3.63, 3.8) is 0 Å². The predicted molar refractivity (Wildman–Crippen MR) is 134 cm³/mol. The standard InChI is InChI=1S/C28H26F2N4O3/c1-28(27(31)36,16-17-7-4-3-5-8-17)32-26(35)20-9-6-10-21(30)24(20)22-15-23(34-33-22)25(37-2)18-11-13-19(29)14-12-18/h3-15,25H,16H2,1-2H3,(H2,31,36)(H,32,35)(H,33,34)/t25?,28-/m0/s1. The number of halogens is 2. The van der Waals surface area contributed by atoms with E-state index in [4.69, 9.17) is 10.5 Å². The van der Waals surface area contributed by atoms with Crippen LogP contribution in [0.2, 0.25) is 0 Å². The van der Waals surface area contributed by atoms with Crippen LogP contribution in [0.4, 0.5) is 8.78 Å². The highest BCUT2D eigenvalue weighted by atomic mass is 19.1. The van der Waals surface area contributed by atoms with E-state index in [9.17, 15) is 14.0 Å². The maximum absolute atomic E-state index is 15.1. The number of carbonyl (C=O) groups is 2. The number of aromatic amines is 1. The SMILES string of the molecule is COC(c1ccc(F)cc1)c1cc(-c2c(F)cccc2C(=O)N[C@@](C)(Cc2ccccc2)C(N)=O)n[nH]1. The molecular formula is C28H26F2N4O3. The Morgan fingerprint density at radius 3 is 2.41 bits per heavy atom. The highest BCUT2D eigenvalue weighted by Gasteiger charge is 2.34. The van der Waals surface area contributed by atoms with Crippen LogP contribution in [0.15, 0.2) is 78.9 Å². The Labute approximate surface area is 212 Å². The van der Waals surface area contributed by atoms with Gasteiger partial charge >= 0.3 is 0 Å². The summed E-state index contributed by atoms with van der Waals surface area (Å²) in [5, 5.41) is 9.72. The van der Waals surface area contributed by atoms with Gasteiger partial charge in [0.1, 0.15) is 23.3 Å². The van der Waals surface area contributed by atoms with Gasteiger partial charge in [-0.25, -0.2) is 8.78 Å². The number of hydrogen-bond acceptors (Lipinski definition) is 4. The normalized spacial score (nSPS) is 13.5. The van der Waals surface area contributed by atoms with Gasteiger partial charge in [-0.2, -0.15) is 5.10 Å². The van der Waals surface area contributed by atoms with E-state index in [1.807, 2.05) is 30.3 Å². The molecule has 0 radical (unpaired) electrons. The average Bonchev–Trinajstić information content (AvgIpc) is 3.35. The van der Waals surface area contributed by atoms with Gasteiger partial charge in [-0.1, -0.05) is 48.5 Å². The quantitative estimate of drug-likeness (QED) is 0.316. The fraction of sp³-hybridized carbons (Fsp3) is 0.179. The molecule has 1 heterocycles. The fourth-order valence-electron chi connectivity index (χ4n) is 4.17. The van der Waals surface area contributed by atoms with E-state index >= 15 is 4.39 Å². The Balaban J connectivity index is 1.66. The Kier molecular flexibility index (Phi) is 7.45. The first-order valence-electron chi connectivity index (χ1n) is 11.5. The van der Waals surface area contributed by atoms with Crippen LogP contribution in [0.3, 0.4) is 0 Å². The van der Waals surface area contributed by atoms with E-state index in [1.165, 1.54) is 44.4 Å². The second-order valence-corrected chi connectivity index (χ2v) is 8.85. The topological polar surface area (TPSA) is 110 Å². The van der Waals surface area contributed by atoms with Crippen molar-refractivity contribution in [3.05, 3.63) is 113 Å². The number of nitrogens with zero attached hydrogens (tertiary/aromatic N) is 1. The molecule has 0 aliphatic carbocycles. The van der Waals surface area contributed by atoms with Crippen LogP contribution in [0, 0.1) is 11.6 Å². The summed E-state index contributed by atoms with van der Waals surface area (Å²) >= 11 is 0. The lowest BCUT2D eigenvalue weighted by molar-refractivity contribution is -0.123. The van der Waals surface area contributed by atoms with Gasteiger partial charge in [-0.05, 0) is 48.4 Å². The van der Waals surface area contributed by atoms with Crippen molar-refractivity contribution in [1.82, 2.24) is 15.5 Å². The minimum atomic E-state index is -1.43. The molecular weight excluding hydrogens is 478 g/mol. The molecule has 3 aromatic carbocycles. The number of nitrogens with two attached hydrogens (primary N) is 1. The zero-order chi connectivity index (χ0) is 26.6. The van der Waals surface area contributed by atoms with Crippen molar-refractivity contribution < 1.29 is 23.1 Å². The molecule has 0 bridgehead atoms. The lowest BCUT2D eigenvalue weighted by atomic mass is 9.91. The Bertz CT molecular complexity index is 1410. The first-order valence-corrected chi connectivity index (χ1v) is 11.5. The minimum Gasteiger partial charge on any atom is -0.370 e. The smallest absolute Gasteiger partial charge is 0.252 e. The van der Waals surface area contributed by atoms with Crippen molar-refractivity contribution in [1.29, 1.82) is 0 Å². The summed E-state index contributed by atoms with van der Waals surface area (Å²) in [4.78, 5) is 25.7. The lowest BCUT2D eigenvalue weighted by Gasteiger charge is -2.28. The van der Waals surface area contributed by atoms with Crippen LogP contribution in [-0.2, 0) is 16.0 Å². The van der Waals surface area contributed by atoms with Crippen molar-refractivity contribution in [2.24, 2.45) is 5.73 Å². The summed E-state index contributed by atoms with van der Waals surface area (Å²) < 4.78 is 34.0. The third-order valence-electron chi connectivity index (χ3n) is 6.14. The predicted octanol–water partition coefficient (Wildman–Crippen LogP) is 4.31. The summed E-state index contributed by atoms with van der Waals surface area (Å²) in [5.74, 6) is -2.48. The van der Waals surface area contributed by atoms with Crippen molar-refractivity contribution in [2.75, 3.05) is 7.11 Å². The molecule has 0 saturated heterocycles. The van der Waals surface area contributed by atoms with Crippen LogP contribution >= 0.6 is 0 Å². The summed E-state index contributed by atoms with van der Waals surface area (Å²) in [5.41, 5.74) is 6.25. The van der Waals surface area contributed by atoms with Gasteiger partial charge in [0.25, 0.3) is 5.91 Å². The van der Waals surface area contributed by atoms with E-state index in [0.29, 0.717) is 11.3 Å². The first-order chi connectivity index (χ1) is 17.7. The van der Waals surface area contributed by atoms with Gasteiger partial charge in [0.2, 0.25) is 5.91 Å². The van der Waals surface area contributed by atoms with E-state index in [0.717, 1.165) is 5.56 Å². The van der Waals surface area contributed by atoms with Crippen LogP contribution in [-0.4, -0.2) is 34.7 Å². The molecule has 9 heteroatoms. The van der Waals surface area contributed by atoms with Crippen molar-refractivity contribution in [2.45, 2.75) is 25.0 Å². The van der Waals surface area contributed by atoms with Gasteiger partial charge < -0.3 is 15.8 Å². The third-order valence-corrected chi connectivity index (χ3v) is 6.14. The second kappa shape index (κ2) is 10.7. The highest BCUT2D eigenvalue weighted by Crippen LogP contribution is 2.31. The van der Waals surface area contributed by atoms with Crippen molar-refractivity contribution in [3.8, 4) is 11.3 Å². The largest absolute Gasteiger partial charge is 0.370 e. The third kappa shape index (κ3) is 5.57. The number of rotatable bonds is 9. The molecule has 0 aliphatic rings. The Morgan fingerprint density at radius 2 is 1.76 bits per heavy atom. The molecule has 1 unspecified atom stereocenters. The zero-order valence-corrected chi connectivity index (χ0v) is 20.3. The van der Waals surface area contributed by atoms with Crippen molar-refractivity contribution >= 4 is 11.8 Å². The van der Waals surface area contributed by atoms with Gasteiger partial charge in [-0.3, -0.25) is 14.7 Å². The monoisotopic (exact) mass is 504 g/mol. The van der Waals surface area contributed by atoms with Crippen LogP contribution in [0.5, 0.6) is 0 Å². The number of aromatic nitrogens is 2. The van der Waals surface area contributed by atoms with Crippen LogP contribution in [0.1, 0.15) is 40.2 Å². The Hall–Kier alpha value is -4.37. The number of H-pyrrole nitrogens is 1. The zero-order valence-electron chi connectivity index (χ0n) is 20.3. The summed E-state index contributed by atoms with van der Waals surface area (Å²) in [7, 11) is 1.48. The summed E-state index contributed by atoms with van der Waals surface area (Å²) in [6.45, 7) is 1.53. The molecule has 7 nitrogen and oxygen atoms in total. The number of carbonyl (C=O) groups excluding carboxylic acids is 2. The average molecular weight is 505 g/mol. The van der Waals surface area contributed by atoms with E-state index in [-0.39, 0.29) is 29.1 Å². The molecule has 1 aromatic heterocycles. The first kappa shape index (κ1) is 25.7. The Morgan fingerprint density at radius 1 is 1.05 bits per heavy atom. The van der Waals surface area contributed by atoms with E-state index in [2.05, 4.69) is 15.5 Å². The molecule has 2 atom stereocenters. The number of hydrogen-bond donors (Lipinski definition) is 3. The molecule has 0 aliphatic heterocycles. The lowest BCUT2D eigenvalue weighted by Crippen LogP contribution is -2.56. The maximum Gasteiger partial charge on any atom is 0.252 e. The molecule has 4 aromatic rings.